The van der Waals surface area contributed by atoms with Gasteiger partial charge < -0.3 is 9.47 Å². The van der Waals surface area contributed by atoms with Crippen LogP contribution in [0.2, 0.25) is 10.3 Å². The molecule has 0 aliphatic carbocycles. The lowest BCUT2D eigenvalue weighted by Gasteiger charge is -2.07. The molecule has 0 spiro atoms. The minimum atomic E-state index is 0.101. The van der Waals surface area contributed by atoms with Crippen molar-refractivity contribution in [2.75, 3.05) is 7.11 Å². The van der Waals surface area contributed by atoms with Crippen LogP contribution < -0.4 is 9.47 Å². The monoisotopic (exact) mass is 284 g/mol. The van der Waals surface area contributed by atoms with Crippen LogP contribution in [0.1, 0.15) is 5.56 Å². The van der Waals surface area contributed by atoms with Gasteiger partial charge in [0.05, 0.1) is 13.3 Å². The molecule has 0 amide bonds. The van der Waals surface area contributed by atoms with E-state index >= 15 is 0 Å². The second-order valence-corrected chi connectivity index (χ2v) is 4.17. The Morgan fingerprint density at radius 2 is 1.89 bits per heavy atom. The van der Waals surface area contributed by atoms with Crippen molar-refractivity contribution in [2.24, 2.45) is 0 Å². The van der Waals surface area contributed by atoms with E-state index in [-0.39, 0.29) is 11.2 Å². The van der Waals surface area contributed by atoms with E-state index in [0.29, 0.717) is 11.6 Å². The third kappa shape index (κ3) is 3.24. The maximum Gasteiger partial charge on any atom is 0.237 e. The third-order valence-electron chi connectivity index (χ3n) is 2.22. The van der Waals surface area contributed by atoms with Crippen LogP contribution in [0.25, 0.3) is 0 Å². The van der Waals surface area contributed by atoms with E-state index in [9.17, 15) is 0 Å². The van der Waals surface area contributed by atoms with Crippen LogP contribution in [0.4, 0.5) is 0 Å². The van der Waals surface area contributed by atoms with Gasteiger partial charge in [0.25, 0.3) is 0 Å². The van der Waals surface area contributed by atoms with Gasteiger partial charge >= 0.3 is 0 Å². The molecule has 0 fully saturated rings. The summed E-state index contributed by atoms with van der Waals surface area (Å²) in [6, 6.07) is 7.51. The number of aromatic nitrogens is 2. The summed E-state index contributed by atoms with van der Waals surface area (Å²) in [7, 11) is 1.62. The van der Waals surface area contributed by atoms with E-state index in [2.05, 4.69) is 9.97 Å². The lowest BCUT2D eigenvalue weighted by Crippen LogP contribution is -1.99. The molecule has 1 heterocycles. The number of halogens is 2. The van der Waals surface area contributed by atoms with Gasteiger partial charge in [-0.15, -0.1) is 0 Å². The number of methoxy groups -OCH3 is 1. The molecule has 94 valence electrons. The molecule has 0 atom stereocenters. The molecule has 2 aromatic rings. The number of rotatable bonds is 4. The molecule has 0 radical (unpaired) electrons. The Balaban J connectivity index is 2.04. The first-order valence-electron chi connectivity index (χ1n) is 5.13. The number of ether oxygens (including phenoxy) is 2. The van der Waals surface area contributed by atoms with Crippen molar-refractivity contribution in [1.29, 1.82) is 0 Å². The molecule has 4 nitrogen and oxygen atoms in total. The van der Waals surface area contributed by atoms with Crippen molar-refractivity contribution in [3.63, 3.8) is 0 Å². The smallest absolute Gasteiger partial charge is 0.237 e. The highest BCUT2D eigenvalue weighted by atomic mass is 35.5. The Morgan fingerprint density at radius 3 is 2.56 bits per heavy atom. The summed E-state index contributed by atoms with van der Waals surface area (Å²) in [5, 5.41) is 0.428. The fraction of sp³-hybridized carbons (Fsp3) is 0.167. The first-order chi connectivity index (χ1) is 8.69. The molecule has 18 heavy (non-hydrogen) atoms. The zero-order chi connectivity index (χ0) is 13.0. The van der Waals surface area contributed by atoms with Crippen LogP contribution in [0.5, 0.6) is 11.6 Å². The number of hydrogen-bond acceptors (Lipinski definition) is 4. The molecule has 0 aliphatic heterocycles. The second-order valence-electron chi connectivity index (χ2n) is 3.43. The summed E-state index contributed by atoms with van der Waals surface area (Å²) < 4.78 is 10.5. The van der Waals surface area contributed by atoms with Gasteiger partial charge in [0.1, 0.15) is 17.4 Å². The highest BCUT2D eigenvalue weighted by Crippen LogP contribution is 2.23. The minimum absolute atomic E-state index is 0.101. The summed E-state index contributed by atoms with van der Waals surface area (Å²) in [4.78, 5) is 7.64. The molecule has 0 saturated carbocycles. The Labute approximate surface area is 114 Å². The molecule has 1 aromatic carbocycles. The Hall–Kier alpha value is -1.52. The molecule has 2 rings (SSSR count). The Morgan fingerprint density at radius 1 is 1.17 bits per heavy atom. The minimum Gasteiger partial charge on any atom is -0.497 e. The molecular weight excluding hydrogens is 275 g/mol. The largest absolute Gasteiger partial charge is 0.497 e. The van der Waals surface area contributed by atoms with Gasteiger partial charge in [-0.3, -0.25) is 0 Å². The Bertz CT molecular complexity index is 532. The zero-order valence-electron chi connectivity index (χ0n) is 9.56. The van der Waals surface area contributed by atoms with Crippen LogP contribution >= 0.6 is 23.2 Å². The van der Waals surface area contributed by atoms with Gasteiger partial charge in [-0.25, -0.2) is 4.98 Å². The van der Waals surface area contributed by atoms with E-state index in [1.807, 2.05) is 24.3 Å². The summed E-state index contributed by atoms with van der Waals surface area (Å²) in [5.41, 5.74) is 0.974. The quantitative estimate of drug-likeness (QED) is 0.808. The lowest BCUT2D eigenvalue weighted by atomic mass is 10.2. The summed E-state index contributed by atoms with van der Waals surface area (Å²) in [5.74, 6) is 1.06. The summed E-state index contributed by atoms with van der Waals surface area (Å²) >= 11 is 11.5. The molecule has 0 unspecified atom stereocenters. The van der Waals surface area contributed by atoms with E-state index < -0.39 is 0 Å². The fourth-order valence-electron chi connectivity index (χ4n) is 1.31. The van der Waals surface area contributed by atoms with Gasteiger partial charge in [-0.1, -0.05) is 23.7 Å². The third-order valence-corrected chi connectivity index (χ3v) is 2.66. The van der Waals surface area contributed by atoms with Crippen LogP contribution in [0, 0.1) is 0 Å². The van der Waals surface area contributed by atoms with Crippen molar-refractivity contribution in [1.82, 2.24) is 9.97 Å². The van der Waals surface area contributed by atoms with Gasteiger partial charge in [-0.05, 0) is 29.3 Å². The Kier molecular flexibility index (Phi) is 4.23. The fourth-order valence-corrected chi connectivity index (χ4v) is 1.58. The number of benzene rings is 1. The molecule has 0 aliphatic rings. The molecule has 6 heteroatoms. The predicted octanol–water partition coefficient (Wildman–Crippen LogP) is 3.37. The summed E-state index contributed by atoms with van der Waals surface area (Å²) in [6.45, 7) is 0.344. The van der Waals surface area contributed by atoms with Crippen molar-refractivity contribution in [3.05, 3.63) is 46.3 Å². The van der Waals surface area contributed by atoms with Crippen molar-refractivity contribution >= 4 is 23.2 Å². The van der Waals surface area contributed by atoms with Crippen molar-refractivity contribution in [2.45, 2.75) is 6.61 Å². The van der Waals surface area contributed by atoms with E-state index in [1.54, 1.807) is 7.11 Å². The van der Waals surface area contributed by atoms with Gasteiger partial charge in [0, 0.05) is 0 Å². The van der Waals surface area contributed by atoms with Gasteiger partial charge in [-0.2, -0.15) is 4.98 Å². The average Bonchev–Trinajstić information content (AvgIpc) is 2.40. The molecular formula is C12H10Cl2N2O2. The highest BCUT2D eigenvalue weighted by molar-refractivity contribution is 6.32. The highest BCUT2D eigenvalue weighted by Gasteiger charge is 2.05. The second kappa shape index (κ2) is 5.89. The zero-order valence-corrected chi connectivity index (χ0v) is 11.1. The SMILES string of the molecule is COc1ccc(COc2nc(Cl)ncc2Cl)cc1. The lowest BCUT2D eigenvalue weighted by molar-refractivity contribution is 0.293. The maximum absolute atomic E-state index is 5.88. The normalized spacial score (nSPS) is 10.2. The molecule has 0 saturated heterocycles. The van der Waals surface area contributed by atoms with Crippen LogP contribution in [-0.2, 0) is 6.61 Å². The standard InChI is InChI=1S/C12H10Cl2N2O2/c1-17-9-4-2-8(3-5-9)7-18-11-10(13)6-15-12(14)16-11/h2-6H,7H2,1H3. The van der Waals surface area contributed by atoms with E-state index in [1.165, 1.54) is 6.20 Å². The molecule has 0 bridgehead atoms. The van der Waals surface area contributed by atoms with Crippen LogP contribution in [-0.4, -0.2) is 17.1 Å². The molecule has 0 N–H and O–H groups in total. The van der Waals surface area contributed by atoms with E-state index in [4.69, 9.17) is 32.7 Å². The van der Waals surface area contributed by atoms with E-state index in [0.717, 1.165) is 11.3 Å². The van der Waals surface area contributed by atoms with Crippen LogP contribution in [0.3, 0.4) is 0 Å². The van der Waals surface area contributed by atoms with Crippen LogP contribution in [0.15, 0.2) is 30.5 Å². The summed E-state index contributed by atoms with van der Waals surface area (Å²) in [6.07, 6.45) is 1.40. The van der Waals surface area contributed by atoms with Crippen molar-refractivity contribution < 1.29 is 9.47 Å². The first-order valence-corrected chi connectivity index (χ1v) is 5.88. The maximum atomic E-state index is 5.88. The number of hydrogen-bond donors (Lipinski definition) is 0. The predicted molar refractivity (Wildman–Crippen MR) is 69.4 cm³/mol. The van der Waals surface area contributed by atoms with Gasteiger partial charge in [0.2, 0.25) is 11.2 Å². The topological polar surface area (TPSA) is 44.2 Å². The van der Waals surface area contributed by atoms with Gasteiger partial charge in [0.15, 0.2) is 0 Å². The number of nitrogens with zero attached hydrogens (tertiary/aromatic N) is 2. The first kappa shape index (κ1) is 12.9. The van der Waals surface area contributed by atoms with Crippen molar-refractivity contribution in [3.8, 4) is 11.6 Å². The molecule has 1 aromatic heterocycles. The average molecular weight is 285 g/mol.